The number of hydrogen-bond donors (Lipinski definition) is 0. The van der Waals surface area contributed by atoms with Crippen molar-refractivity contribution in [1.29, 1.82) is 0 Å². The van der Waals surface area contributed by atoms with Gasteiger partial charge in [0.05, 0.1) is 10.9 Å². The van der Waals surface area contributed by atoms with E-state index >= 15 is 0 Å². The zero-order valence-corrected chi connectivity index (χ0v) is 9.73. The summed E-state index contributed by atoms with van der Waals surface area (Å²) in [5, 5.41) is 0.734. The first-order chi connectivity index (χ1) is 7.86. The topological polar surface area (TPSA) is 34.9 Å². The summed E-state index contributed by atoms with van der Waals surface area (Å²) in [6, 6.07) is 7.54. The van der Waals surface area contributed by atoms with E-state index < -0.39 is 0 Å². The zero-order valence-electron chi connectivity index (χ0n) is 9.73. The molecule has 0 aliphatic carbocycles. The van der Waals surface area contributed by atoms with E-state index in [2.05, 4.69) is 4.98 Å². The number of aromatic nitrogens is 2. The molecule has 0 radical (unpaired) electrons. The van der Waals surface area contributed by atoms with Crippen molar-refractivity contribution in [2.75, 3.05) is 0 Å². The number of fused-ring (bicyclic) bond motifs is 2. The third-order valence-electron chi connectivity index (χ3n) is 2.72. The average Bonchev–Trinajstić information content (AvgIpc) is 2.80. The normalized spacial score (nSPS) is 13.1. The summed E-state index contributed by atoms with van der Waals surface area (Å²) in [7, 11) is 0. The molecule has 0 spiro atoms. The number of para-hydroxylation sites is 1. The molecular formula is C13H16N2O. The van der Waals surface area contributed by atoms with Gasteiger partial charge in [-0.15, -0.1) is 0 Å². The first-order valence-corrected chi connectivity index (χ1v) is 5.85. The van der Waals surface area contributed by atoms with Crippen LogP contribution in [0.2, 0.25) is 0 Å². The molecule has 84 valence electrons. The molecule has 2 heterocycles. The summed E-state index contributed by atoms with van der Waals surface area (Å²) in [6.45, 7) is 4.83. The van der Waals surface area contributed by atoms with E-state index in [9.17, 15) is 4.79 Å². The molecule has 0 amide bonds. The second kappa shape index (κ2) is 4.47. The predicted octanol–water partition coefficient (Wildman–Crippen LogP) is 2.37. The lowest BCUT2D eigenvalue weighted by Gasteiger charge is -2.03. The van der Waals surface area contributed by atoms with Crippen LogP contribution in [0.1, 0.15) is 26.1 Å². The molecule has 3 nitrogen and oxygen atoms in total. The summed E-state index contributed by atoms with van der Waals surface area (Å²) < 4.78 is 1.79. The SMILES string of the molecule is CC.O=c1c2ccccc2nc2n1CCC2. The van der Waals surface area contributed by atoms with E-state index in [1.807, 2.05) is 38.1 Å². The van der Waals surface area contributed by atoms with Crippen molar-refractivity contribution < 1.29 is 0 Å². The molecule has 1 aliphatic rings. The Morgan fingerprint density at radius 2 is 2.00 bits per heavy atom. The molecule has 3 heteroatoms. The highest BCUT2D eigenvalue weighted by atomic mass is 16.1. The molecule has 0 atom stereocenters. The smallest absolute Gasteiger partial charge is 0.261 e. The van der Waals surface area contributed by atoms with Crippen LogP contribution in [0.3, 0.4) is 0 Å². The fourth-order valence-corrected chi connectivity index (χ4v) is 2.03. The van der Waals surface area contributed by atoms with Gasteiger partial charge in [0.1, 0.15) is 5.82 Å². The van der Waals surface area contributed by atoms with Gasteiger partial charge in [0.2, 0.25) is 0 Å². The average molecular weight is 216 g/mol. The predicted molar refractivity (Wildman–Crippen MR) is 65.7 cm³/mol. The van der Waals surface area contributed by atoms with Gasteiger partial charge in [0, 0.05) is 13.0 Å². The number of benzene rings is 1. The number of hydrogen-bond acceptors (Lipinski definition) is 2. The molecule has 0 unspecified atom stereocenters. The molecule has 1 aromatic heterocycles. The van der Waals surface area contributed by atoms with Crippen LogP contribution in [0.15, 0.2) is 29.1 Å². The van der Waals surface area contributed by atoms with E-state index in [1.54, 1.807) is 4.57 Å². The third-order valence-corrected chi connectivity index (χ3v) is 2.72. The summed E-state index contributed by atoms with van der Waals surface area (Å²) in [4.78, 5) is 16.4. The molecule has 0 N–H and O–H groups in total. The number of nitrogens with zero attached hydrogens (tertiary/aromatic N) is 2. The number of aryl methyl sites for hydroxylation is 1. The lowest BCUT2D eigenvalue weighted by molar-refractivity contribution is 0.719. The van der Waals surface area contributed by atoms with Crippen LogP contribution in [-0.2, 0) is 13.0 Å². The van der Waals surface area contributed by atoms with Crippen molar-refractivity contribution in [3.05, 3.63) is 40.4 Å². The second-order valence-electron chi connectivity index (χ2n) is 3.61. The van der Waals surface area contributed by atoms with Gasteiger partial charge in [0.25, 0.3) is 5.56 Å². The third kappa shape index (κ3) is 1.62. The van der Waals surface area contributed by atoms with Crippen LogP contribution >= 0.6 is 0 Å². The molecule has 16 heavy (non-hydrogen) atoms. The summed E-state index contributed by atoms with van der Waals surface area (Å²) in [6.07, 6.45) is 1.97. The monoisotopic (exact) mass is 216 g/mol. The Hall–Kier alpha value is -1.64. The highest BCUT2D eigenvalue weighted by molar-refractivity contribution is 5.77. The van der Waals surface area contributed by atoms with E-state index in [1.165, 1.54) is 0 Å². The maximum atomic E-state index is 11.9. The van der Waals surface area contributed by atoms with Gasteiger partial charge in [0.15, 0.2) is 0 Å². The van der Waals surface area contributed by atoms with Crippen LogP contribution in [0.25, 0.3) is 10.9 Å². The van der Waals surface area contributed by atoms with Gasteiger partial charge >= 0.3 is 0 Å². The van der Waals surface area contributed by atoms with Crippen LogP contribution < -0.4 is 5.56 Å². The van der Waals surface area contributed by atoms with Crippen molar-refractivity contribution in [1.82, 2.24) is 9.55 Å². The minimum absolute atomic E-state index is 0.114. The standard InChI is InChI=1S/C11H10N2O.C2H6/c14-11-8-4-1-2-5-9(8)12-10-6-3-7-13(10)11;1-2/h1-2,4-5H,3,6-7H2;1-2H3. The molecule has 0 saturated heterocycles. The van der Waals surface area contributed by atoms with Gasteiger partial charge < -0.3 is 0 Å². The maximum Gasteiger partial charge on any atom is 0.261 e. The van der Waals surface area contributed by atoms with Gasteiger partial charge in [-0.3, -0.25) is 9.36 Å². The Morgan fingerprint density at radius 1 is 1.25 bits per heavy atom. The largest absolute Gasteiger partial charge is 0.296 e. The summed E-state index contributed by atoms with van der Waals surface area (Å²) >= 11 is 0. The van der Waals surface area contributed by atoms with Gasteiger partial charge in [-0.1, -0.05) is 26.0 Å². The fraction of sp³-hybridized carbons (Fsp3) is 0.385. The van der Waals surface area contributed by atoms with Gasteiger partial charge in [-0.25, -0.2) is 4.98 Å². The Morgan fingerprint density at radius 3 is 2.81 bits per heavy atom. The molecule has 1 aromatic carbocycles. The number of rotatable bonds is 0. The highest BCUT2D eigenvalue weighted by Gasteiger charge is 2.14. The van der Waals surface area contributed by atoms with Crippen LogP contribution in [0.4, 0.5) is 0 Å². The maximum absolute atomic E-state index is 11.9. The van der Waals surface area contributed by atoms with Crippen molar-refractivity contribution in [3.8, 4) is 0 Å². The second-order valence-corrected chi connectivity index (χ2v) is 3.61. The van der Waals surface area contributed by atoms with E-state index in [0.717, 1.165) is 36.1 Å². The lowest BCUT2D eigenvalue weighted by atomic mass is 10.2. The first-order valence-electron chi connectivity index (χ1n) is 5.85. The Balaban J connectivity index is 0.000000457. The van der Waals surface area contributed by atoms with E-state index in [0.29, 0.717) is 0 Å². The van der Waals surface area contributed by atoms with Gasteiger partial charge in [-0.05, 0) is 18.6 Å². The Labute approximate surface area is 94.7 Å². The zero-order chi connectivity index (χ0) is 11.5. The van der Waals surface area contributed by atoms with Crippen molar-refractivity contribution >= 4 is 10.9 Å². The lowest BCUT2D eigenvalue weighted by Crippen LogP contribution is -2.20. The molecule has 2 aromatic rings. The van der Waals surface area contributed by atoms with Crippen molar-refractivity contribution in [2.24, 2.45) is 0 Å². The Bertz CT molecular complexity index is 557. The van der Waals surface area contributed by atoms with Crippen LogP contribution in [-0.4, -0.2) is 9.55 Å². The van der Waals surface area contributed by atoms with Crippen molar-refractivity contribution in [3.63, 3.8) is 0 Å². The van der Waals surface area contributed by atoms with Crippen molar-refractivity contribution in [2.45, 2.75) is 33.2 Å². The van der Waals surface area contributed by atoms with E-state index in [4.69, 9.17) is 0 Å². The molecule has 0 saturated carbocycles. The van der Waals surface area contributed by atoms with Gasteiger partial charge in [-0.2, -0.15) is 0 Å². The van der Waals surface area contributed by atoms with Crippen LogP contribution in [0.5, 0.6) is 0 Å². The minimum atomic E-state index is 0.114. The van der Waals surface area contributed by atoms with Crippen LogP contribution in [0, 0.1) is 0 Å². The quantitative estimate of drug-likeness (QED) is 0.677. The highest BCUT2D eigenvalue weighted by Crippen LogP contribution is 2.13. The molecule has 1 aliphatic heterocycles. The minimum Gasteiger partial charge on any atom is -0.296 e. The first kappa shape index (κ1) is 10.9. The fourth-order valence-electron chi connectivity index (χ4n) is 2.03. The summed E-state index contributed by atoms with van der Waals surface area (Å²) in [5.74, 6) is 0.939. The summed E-state index contributed by atoms with van der Waals surface area (Å²) in [5.41, 5.74) is 0.939. The molecule has 0 bridgehead atoms. The Kier molecular flexibility index (Phi) is 3.04. The molecule has 3 rings (SSSR count). The molecular weight excluding hydrogens is 200 g/mol. The molecule has 0 fully saturated rings. The van der Waals surface area contributed by atoms with E-state index in [-0.39, 0.29) is 5.56 Å².